The van der Waals surface area contributed by atoms with Crippen LogP contribution in [-0.2, 0) is 9.47 Å². The van der Waals surface area contributed by atoms with Gasteiger partial charge in [-0.2, -0.15) is 0 Å². The maximum Gasteiger partial charge on any atom is 0.508 e. The number of hydrogen-bond donors (Lipinski definition) is 0. The summed E-state index contributed by atoms with van der Waals surface area (Å²) in [7, 11) is 1.34. The molecule has 0 N–H and O–H groups in total. The summed E-state index contributed by atoms with van der Waals surface area (Å²) in [5.41, 5.74) is 2.19. The van der Waals surface area contributed by atoms with Crippen LogP contribution >= 0.6 is 0 Å². The summed E-state index contributed by atoms with van der Waals surface area (Å²) in [5, 5.41) is 2.40. The van der Waals surface area contributed by atoms with E-state index in [1.165, 1.54) is 17.9 Å². The number of allylic oxidation sites excluding steroid dienone is 1. The van der Waals surface area contributed by atoms with Gasteiger partial charge in [0.1, 0.15) is 6.10 Å². The van der Waals surface area contributed by atoms with Crippen LogP contribution in [0, 0.1) is 0 Å². The molecule has 0 spiro atoms. The predicted octanol–water partition coefficient (Wildman–Crippen LogP) is 4.56. The van der Waals surface area contributed by atoms with Gasteiger partial charge in [0, 0.05) is 0 Å². The minimum Gasteiger partial charge on any atom is -0.438 e. The van der Waals surface area contributed by atoms with Crippen LogP contribution in [0.1, 0.15) is 24.8 Å². The third-order valence-corrected chi connectivity index (χ3v) is 3.87. The molecule has 3 heteroatoms. The normalized spacial score (nSPS) is 18.1. The van der Waals surface area contributed by atoms with Crippen molar-refractivity contribution >= 4 is 22.5 Å². The van der Waals surface area contributed by atoms with Crippen LogP contribution in [-0.4, -0.2) is 19.4 Å². The number of carbonyl (C=O) groups is 1. The van der Waals surface area contributed by atoms with Crippen LogP contribution in [0.25, 0.3) is 16.3 Å². The summed E-state index contributed by atoms with van der Waals surface area (Å²) in [6.07, 6.45) is 4.22. The molecule has 0 radical (unpaired) electrons. The van der Waals surface area contributed by atoms with Crippen LogP contribution in [0.15, 0.2) is 48.5 Å². The monoisotopic (exact) mass is 282 g/mol. The Hall–Kier alpha value is -2.29. The lowest BCUT2D eigenvalue weighted by Gasteiger charge is -2.24. The zero-order valence-electron chi connectivity index (χ0n) is 12.0. The standard InChI is InChI=1S/C18H18O3/c1-20-18(19)21-17-9-5-4-8-16(17)15-11-10-13-6-2-3-7-14(13)12-15/h2-3,6-8,10-12,17H,4-5,9H2,1H3. The van der Waals surface area contributed by atoms with Crippen LogP contribution in [0.3, 0.4) is 0 Å². The minimum atomic E-state index is -0.617. The number of benzene rings is 2. The molecular weight excluding hydrogens is 264 g/mol. The molecule has 3 nitrogen and oxygen atoms in total. The van der Waals surface area contributed by atoms with Crippen molar-refractivity contribution in [2.24, 2.45) is 0 Å². The third kappa shape index (κ3) is 2.92. The fraction of sp³-hybridized carbons (Fsp3) is 0.278. The van der Waals surface area contributed by atoms with Gasteiger partial charge in [0.2, 0.25) is 0 Å². The first-order valence-electron chi connectivity index (χ1n) is 7.22. The summed E-state index contributed by atoms with van der Waals surface area (Å²) < 4.78 is 10.0. The maximum absolute atomic E-state index is 11.4. The lowest BCUT2D eigenvalue weighted by atomic mass is 9.90. The van der Waals surface area contributed by atoms with Gasteiger partial charge >= 0.3 is 6.16 Å². The fourth-order valence-corrected chi connectivity index (χ4v) is 2.81. The molecule has 0 aliphatic heterocycles. The van der Waals surface area contributed by atoms with Crippen molar-refractivity contribution in [1.29, 1.82) is 0 Å². The number of methoxy groups -OCH3 is 1. The number of carbonyl (C=O) groups excluding carboxylic acids is 1. The summed E-state index contributed by atoms with van der Waals surface area (Å²) in [4.78, 5) is 11.4. The molecule has 108 valence electrons. The van der Waals surface area contributed by atoms with Gasteiger partial charge in [-0.05, 0) is 47.2 Å². The molecule has 0 amide bonds. The Bertz CT molecular complexity index is 688. The van der Waals surface area contributed by atoms with E-state index in [2.05, 4.69) is 41.1 Å². The second kappa shape index (κ2) is 6.00. The smallest absolute Gasteiger partial charge is 0.438 e. The highest BCUT2D eigenvalue weighted by atomic mass is 16.7. The summed E-state index contributed by atoms with van der Waals surface area (Å²) >= 11 is 0. The Labute approximate surface area is 124 Å². The first-order valence-corrected chi connectivity index (χ1v) is 7.22. The molecule has 1 aliphatic rings. The predicted molar refractivity (Wildman–Crippen MR) is 83.1 cm³/mol. The topological polar surface area (TPSA) is 35.5 Å². The molecule has 1 unspecified atom stereocenters. The van der Waals surface area contributed by atoms with E-state index in [9.17, 15) is 4.79 Å². The first-order chi connectivity index (χ1) is 10.3. The molecule has 2 aromatic carbocycles. The third-order valence-electron chi connectivity index (χ3n) is 3.87. The van der Waals surface area contributed by atoms with Gasteiger partial charge in [0.25, 0.3) is 0 Å². The number of ether oxygens (including phenoxy) is 2. The van der Waals surface area contributed by atoms with Crippen molar-refractivity contribution in [1.82, 2.24) is 0 Å². The SMILES string of the molecule is COC(=O)OC1CCCC=C1c1ccc2ccccc2c1. The molecule has 0 aromatic heterocycles. The van der Waals surface area contributed by atoms with Crippen molar-refractivity contribution in [3.8, 4) is 0 Å². The Kier molecular flexibility index (Phi) is 3.91. The average Bonchev–Trinajstić information content (AvgIpc) is 2.55. The lowest BCUT2D eigenvalue weighted by molar-refractivity contribution is 0.0514. The molecule has 0 fully saturated rings. The maximum atomic E-state index is 11.4. The lowest BCUT2D eigenvalue weighted by Crippen LogP contribution is -2.22. The van der Waals surface area contributed by atoms with Gasteiger partial charge in [-0.1, -0.05) is 42.5 Å². The van der Waals surface area contributed by atoms with Gasteiger partial charge in [-0.15, -0.1) is 0 Å². The van der Waals surface area contributed by atoms with Crippen molar-refractivity contribution in [3.63, 3.8) is 0 Å². The average molecular weight is 282 g/mol. The highest BCUT2D eigenvalue weighted by Gasteiger charge is 2.23. The van der Waals surface area contributed by atoms with Crippen LogP contribution in [0.2, 0.25) is 0 Å². The van der Waals surface area contributed by atoms with Crippen LogP contribution in [0.4, 0.5) is 4.79 Å². The highest BCUT2D eigenvalue weighted by Crippen LogP contribution is 2.31. The van der Waals surface area contributed by atoms with Crippen molar-refractivity contribution in [2.45, 2.75) is 25.4 Å². The van der Waals surface area contributed by atoms with Gasteiger partial charge < -0.3 is 9.47 Å². The van der Waals surface area contributed by atoms with Crippen LogP contribution < -0.4 is 0 Å². The molecule has 0 heterocycles. The zero-order chi connectivity index (χ0) is 14.7. The van der Waals surface area contributed by atoms with E-state index in [0.717, 1.165) is 30.4 Å². The van der Waals surface area contributed by atoms with E-state index < -0.39 is 6.16 Å². The van der Waals surface area contributed by atoms with Crippen LogP contribution in [0.5, 0.6) is 0 Å². The van der Waals surface area contributed by atoms with E-state index in [0.29, 0.717) is 0 Å². The molecule has 3 rings (SSSR count). The van der Waals surface area contributed by atoms with E-state index in [1.54, 1.807) is 0 Å². The summed E-state index contributed by atoms with van der Waals surface area (Å²) in [6, 6.07) is 14.6. The van der Waals surface area contributed by atoms with Crippen molar-refractivity contribution in [3.05, 3.63) is 54.1 Å². The minimum absolute atomic E-state index is 0.215. The molecule has 0 saturated heterocycles. The Morgan fingerprint density at radius 3 is 2.76 bits per heavy atom. The van der Waals surface area contributed by atoms with Crippen molar-refractivity contribution < 1.29 is 14.3 Å². The second-order valence-corrected chi connectivity index (χ2v) is 5.21. The van der Waals surface area contributed by atoms with Gasteiger partial charge in [0.05, 0.1) is 7.11 Å². The quantitative estimate of drug-likeness (QED) is 0.757. The van der Waals surface area contributed by atoms with E-state index in [1.807, 2.05) is 12.1 Å². The van der Waals surface area contributed by atoms with Gasteiger partial charge in [-0.3, -0.25) is 0 Å². The molecule has 0 bridgehead atoms. The Balaban J connectivity index is 1.94. The first kappa shape index (κ1) is 13.7. The highest BCUT2D eigenvalue weighted by molar-refractivity contribution is 5.87. The Morgan fingerprint density at radius 2 is 1.95 bits per heavy atom. The second-order valence-electron chi connectivity index (χ2n) is 5.21. The molecule has 1 atom stereocenters. The van der Waals surface area contributed by atoms with Crippen molar-refractivity contribution in [2.75, 3.05) is 7.11 Å². The summed E-state index contributed by atoms with van der Waals surface area (Å²) in [6.45, 7) is 0. The largest absolute Gasteiger partial charge is 0.508 e. The van der Waals surface area contributed by atoms with E-state index in [4.69, 9.17) is 4.74 Å². The molecular formula is C18H18O3. The Morgan fingerprint density at radius 1 is 1.14 bits per heavy atom. The van der Waals surface area contributed by atoms with Gasteiger partial charge in [-0.25, -0.2) is 4.79 Å². The number of rotatable bonds is 2. The fourth-order valence-electron chi connectivity index (χ4n) is 2.81. The van der Waals surface area contributed by atoms with E-state index in [-0.39, 0.29) is 6.10 Å². The number of fused-ring (bicyclic) bond motifs is 1. The van der Waals surface area contributed by atoms with E-state index >= 15 is 0 Å². The molecule has 21 heavy (non-hydrogen) atoms. The zero-order valence-corrected chi connectivity index (χ0v) is 12.0. The van der Waals surface area contributed by atoms with Gasteiger partial charge in [0.15, 0.2) is 0 Å². The molecule has 2 aromatic rings. The summed E-state index contributed by atoms with van der Waals surface area (Å²) in [5.74, 6) is 0. The molecule has 1 aliphatic carbocycles. The number of hydrogen-bond acceptors (Lipinski definition) is 3. The molecule has 0 saturated carbocycles.